The molecule has 1 aromatic carbocycles. The lowest BCUT2D eigenvalue weighted by atomic mass is 9.78. The number of carbonyl (C=O) groups excluding carboxylic acids is 1. The lowest BCUT2D eigenvalue weighted by Gasteiger charge is -2.39. The van der Waals surface area contributed by atoms with Gasteiger partial charge in [0.2, 0.25) is 0 Å². The highest BCUT2D eigenvalue weighted by Gasteiger charge is 2.50. The molecule has 0 atom stereocenters. The van der Waals surface area contributed by atoms with Crippen molar-refractivity contribution in [2.45, 2.75) is 12.3 Å². The van der Waals surface area contributed by atoms with Gasteiger partial charge in [0.05, 0.1) is 20.3 Å². The SMILES string of the molecule is COC(=O)C1(c2cc(F)c(C)cc2Cl)COC1. The number of hydrogen-bond donors (Lipinski definition) is 0. The van der Waals surface area contributed by atoms with Gasteiger partial charge < -0.3 is 9.47 Å². The molecule has 5 heteroatoms. The first-order valence-corrected chi connectivity index (χ1v) is 5.51. The van der Waals surface area contributed by atoms with Crippen molar-refractivity contribution in [3.05, 3.63) is 34.1 Å². The number of methoxy groups -OCH3 is 1. The van der Waals surface area contributed by atoms with Crippen molar-refractivity contribution in [3.63, 3.8) is 0 Å². The van der Waals surface area contributed by atoms with Gasteiger partial charge in [0.15, 0.2) is 0 Å². The summed E-state index contributed by atoms with van der Waals surface area (Å²) in [5.74, 6) is -0.839. The molecule has 1 aromatic rings. The Hall–Kier alpha value is -1.13. The monoisotopic (exact) mass is 258 g/mol. The fraction of sp³-hybridized carbons (Fsp3) is 0.417. The minimum atomic E-state index is -0.958. The standard InChI is InChI=1S/C12H12ClFO3/c1-7-3-9(13)8(4-10(7)14)12(5-17-6-12)11(15)16-2/h3-4H,5-6H2,1-2H3. The Kier molecular flexibility index (Phi) is 3.10. The third-order valence-corrected chi connectivity index (χ3v) is 3.35. The zero-order valence-corrected chi connectivity index (χ0v) is 10.3. The summed E-state index contributed by atoms with van der Waals surface area (Å²) in [7, 11) is 1.29. The van der Waals surface area contributed by atoms with Crippen LogP contribution in [0.4, 0.5) is 4.39 Å². The molecule has 0 spiro atoms. The predicted octanol–water partition coefficient (Wildman–Crippen LogP) is 2.23. The average Bonchev–Trinajstić information content (AvgIpc) is 2.23. The molecule has 1 aliphatic heterocycles. The van der Waals surface area contributed by atoms with Gasteiger partial charge in [0, 0.05) is 5.02 Å². The second-order valence-corrected chi connectivity index (χ2v) is 4.55. The molecule has 1 aliphatic rings. The first kappa shape index (κ1) is 12.3. The smallest absolute Gasteiger partial charge is 0.321 e. The molecule has 0 saturated carbocycles. The fourth-order valence-corrected chi connectivity index (χ4v) is 2.30. The van der Waals surface area contributed by atoms with Crippen LogP contribution in [-0.4, -0.2) is 26.3 Å². The number of benzene rings is 1. The second kappa shape index (κ2) is 4.27. The van der Waals surface area contributed by atoms with E-state index in [4.69, 9.17) is 21.1 Å². The Balaban J connectivity index is 2.52. The van der Waals surface area contributed by atoms with Gasteiger partial charge in [-0.25, -0.2) is 4.39 Å². The molecule has 0 amide bonds. The van der Waals surface area contributed by atoms with Gasteiger partial charge in [-0.15, -0.1) is 0 Å². The maximum atomic E-state index is 13.6. The summed E-state index contributed by atoms with van der Waals surface area (Å²) in [6, 6.07) is 2.80. The van der Waals surface area contributed by atoms with Crippen LogP contribution >= 0.6 is 11.6 Å². The number of aryl methyl sites for hydroxylation is 1. The summed E-state index contributed by atoms with van der Waals surface area (Å²) in [4.78, 5) is 11.8. The zero-order chi connectivity index (χ0) is 12.6. The van der Waals surface area contributed by atoms with E-state index >= 15 is 0 Å². The largest absolute Gasteiger partial charge is 0.468 e. The van der Waals surface area contributed by atoms with Crippen molar-refractivity contribution in [2.24, 2.45) is 0 Å². The van der Waals surface area contributed by atoms with Crippen LogP contribution in [0.1, 0.15) is 11.1 Å². The molecule has 17 heavy (non-hydrogen) atoms. The molecule has 0 aliphatic carbocycles. The van der Waals surface area contributed by atoms with Gasteiger partial charge in [-0.05, 0) is 30.2 Å². The summed E-state index contributed by atoms with van der Waals surface area (Å²) in [6.07, 6.45) is 0. The molecule has 92 valence electrons. The van der Waals surface area contributed by atoms with Gasteiger partial charge in [-0.2, -0.15) is 0 Å². The van der Waals surface area contributed by atoms with E-state index in [2.05, 4.69) is 0 Å². The molecule has 0 radical (unpaired) electrons. The van der Waals surface area contributed by atoms with Crippen molar-refractivity contribution in [1.82, 2.24) is 0 Å². The molecule has 0 aromatic heterocycles. The molecule has 1 fully saturated rings. The Morgan fingerprint density at radius 2 is 2.18 bits per heavy atom. The lowest BCUT2D eigenvalue weighted by Crippen LogP contribution is -2.53. The molecule has 1 heterocycles. The van der Waals surface area contributed by atoms with E-state index in [0.717, 1.165) is 0 Å². The molecule has 2 rings (SSSR count). The van der Waals surface area contributed by atoms with Crippen LogP contribution in [0.3, 0.4) is 0 Å². The van der Waals surface area contributed by atoms with Crippen LogP contribution in [0, 0.1) is 12.7 Å². The highest BCUT2D eigenvalue weighted by Crippen LogP contribution is 2.38. The van der Waals surface area contributed by atoms with Gasteiger partial charge >= 0.3 is 5.97 Å². The number of halogens is 2. The molecular formula is C12H12ClFO3. The van der Waals surface area contributed by atoms with Gasteiger partial charge in [-0.3, -0.25) is 4.79 Å². The van der Waals surface area contributed by atoms with Crippen LogP contribution in [0.5, 0.6) is 0 Å². The molecule has 0 bridgehead atoms. The van der Waals surface area contributed by atoms with Crippen LogP contribution < -0.4 is 0 Å². The second-order valence-electron chi connectivity index (χ2n) is 4.15. The summed E-state index contributed by atoms with van der Waals surface area (Å²) in [5, 5.41) is 0.359. The van der Waals surface area contributed by atoms with E-state index in [-0.39, 0.29) is 19.0 Å². The molecule has 0 unspecified atom stereocenters. The van der Waals surface area contributed by atoms with Gasteiger partial charge in [-0.1, -0.05) is 11.6 Å². The average molecular weight is 259 g/mol. The highest BCUT2D eigenvalue weighted by atomic mass is 35.5. The number of hydrogen-bond acceptors (Lipinski definition) is 3. The van der Waals surface area contributed by atoms with Crippen molar-refractivity contribution < 1.29 is 18.7 Å². The topological polar surface area (TPSA) is 35.5 Å². The third kappa shape index (κ3) is 1.81. The van der Waals surface area contributed by atoms with Crippen molar-refractivity contribution in [3.8, 4) is 0 Å². The van der Waals surface area contributed by atoms with E-state index in [1.54, 1.807) is 6.92 Å². The fourth-order valence-electron chi connectivity index (χ4n) is 1.90. The van der Waals surface area contributed by atoms with E-state index in [0.29, 0.717) is 16.1 Å². The quantitative estimate of drug-likeness (QED) is 0.763. The Bertz CT molecular complexity index is 469. The number of ether oxygens (including phenoxy) is 2. The van der Waals surface area contributed by atoms with E-state index in [1.165, 1.54) is 19.2 Å². The Morgan fingerprint density at radius 3 is 2.65 bits per heavy atom. The maximum absolute atomic E-state index is 13.6. The normalized spacial score (nSPS) is 17.4. The molecule has 1 saturated heterocycles. The van der Waals surface area contributed by atoms with E-state index < -0.39 is 11.4 Å². The van der Waals surface area contributed by atoms with Gasteiger partial charge in [0.25, 0.3) is 0 Å². The zero-order valence-electron chi connectivity index (χ0n) is 9.55. The molecule has 0 N–H and O–H groups in total. The minimum Gasteiger partial charge on any atom is -0.468 e. The Labute approximate surface area is 103 Å². The van der Waals surface area contributed by atoms with Crippen molar-refractivity contribution >= 4 is 17.6 Å². The summed E-state index contributed by atoms with van der Waals surface area (Å²) in [6.45, 7) is 1.96. The van der Waals surface area contributed by atoms with E-state index in [9.17, 15) is 9.18 Å². The maximum Gasteiger partial charge on any atom is 0.321 e. The summed E-state index contributed by atoms with van der Waals surface area (Å²) >= 11 is 6.07. The first-order chi connectivity index (χ1) is 8.01. The van der Waals surface area contributed by atoms with Crippen molar-refractivity contribution in [1.29, 1.82) is 0 Å². The minimum absolute atomic E-state index is 0.169. The molecular weight excluding hydrogens is 247 g/mol. The van der Waals surface area contributed by atoms with E-state index in [1.807, 2.05) is 0 Å². The highest BCUT2D eigenvalue weighted by molar-refractivity contribution is 6.31. The van der Waals surface area contributed by atoms with Crippen LogP contribution in [-0.2, 0) is 19.7 Å². The Morgan fingerprint density at radius 1 is 1.53 bits per heavy atom. The number of rotatable bonds is 2. The predicted molar refractivity (Wildman–Crippen MR) is 60.7 cm³/mol. The molecule has 3 nitrogen and oxygen atoms in total. The number of esters is 1. The van der Waals surface area contributed by atoms with Crippen molar-refractivity contribution in [2.75, 3.05) is 20.3 Å². The summed E-state index contributed by atoms with van der Waals surface area (Å²) < 4.78 is 23.4. The third-order valence-electron chi connectivity index (χ3n) is 3.04. The lowest BCUT2D eigenvalue weighted by molar-refractivity contribution is -0.166. The van der Waals surface area contributed by atoms with Crippen LogP contribution in [0.15, 0.2) is 12.1 Å². The van der Waals surface area contributed by atoms with Crippen LogP contribution in [0.2, 0.25) is 5.02 Å². The van der Waals surface area contributed by atoms with Crippen LogP contribution in [0.25, 0.3) is 0 Å². The first-order valence-electron chi connectivity index (χ1n) is 5.13. The number of carbonyl (C=O) groups is 1. The van der Waals surface area contributed by atoms with Gasteiger partial charge in [0.1, 0.15) is 11.2 Å². The summed E-state index contributed by atoms with van der Waals surface area (Å²) in [5.41, 5.74) is -0.0835.